The molecule has 6 heteroatoms. The number of carbonyl (C=O) groups excluding carboxylic acids is 2. The molecule has 1 amide bonds. The van der Waals surface area contributed by atoms with E-state index in [0.717, 1.165) is 0 Å². The largest absolute Gasteiger partial charge is 0.465 e. The van der Waals surface area contributed by atoms with Gasteiger partial charge in [-0.05, 0) is 18.2 Å². The van der Waals surface area contributed by atoms with Gasteiger partial charge in [0.15, 0.2) is 0 Å². The average molecular weight is 325 g/mol. The molecule has 0 aliphatic heterocycles. The lowest BCUT2D eigenvalue weighted by atomic mass is 10.2. The molecule has 0 spiro atoms. The first kappa shape index (κ1) is 18.7. The molecule has 0 aliphatic carbocycles. The number of nitriles is 1. The number of rotatable bonds is 8. The van der Waals surface area contributed by atoms with Crippen molar-refractivity contribution in [3.63, 3.8) is 0 Å². The quantitative estimate of drug-likeness (QED) is 0.344. The third-order valence-corrected chi connectivity index (χ3v) is 3.00. The van der Waals surface area contributed by atoms with Crippen molar-refractivity contribution in [3.8, 4) is 6.07 Å². The first-order chi connectivity index (χ1) is 11.6. The predicted molar refractivity (Wildman–Crippen MR) is 92.1 cm³/mol. The third-order valence-electron chi connectivity index (χ3n) is 3.00. The van der Waals surface area contributed by atoms with Crippen LogP contribution in [0.2, 0.25) is 0 Å². The highest BCUT2D eigenvalue weighted by Crippen LogP contribution is 2.12. The summed E-state index contributed by atoms with van der Waals surface area (Å²) in [5, 5.41) is 12.1. The summed E-state index contributed by atoms with van der Waals surface area (Å²) in [6, 6.07) is 8.40. The topological polar surface area (TPSA) is 82.4 Å². The molecule has 0 aliphatic rings. The number of hydrogen-bond donors (Lipinski definition) is 1. The second kappa shape index (κ2) is 9.64. The highest BCUT2D eigenvalue weighted by atomic mass is 16.5. The Morgan fingerprint density at radius 3 is 2.54 bits per heavy atom. The van der Waals surface area contributed by atoms with E-state index < -0.39 is 11.9 Å². The number of nitrogens with one attached hydrogen (secondary N) is 1. The molecule has 0 saturated heterocycles. The molecule has 0 aromatic heterocycles. The van der Waals surface area contributed by atoms with Gasteiger partial charge in [-0.2, -0.15) is 5.26 Å². The molecule has 24 heavy (non-hydrogen) atoms. The number of benzene rings is 1. The molecule has 0 unspecified atom stereocenters. The molecule has 0 bridgehead atoms. The van der Waals surface area contributed by atoms with Crippen LogP contribution in [0.1, 0.15) is 10.4 Å². The Bertz CT molecular complexity index is 692. The zero-order valence-corrected chi connectivity index (χ0v) is 13.5. The minimum absolute atomic E-state index is 0.0674. The van der Waals surface area contributed by atoms with E-state index in [9.17, 15) is 14.9 Å². The second-order valence-electron chi connectivity index (χ2n) is 4.67. The second-order valence-corrected chi connectivity index (χ2v) is 4.67. The van der Waals surface area contributed by atoms with Crippen molar-refractivity contribution in [2.75, 3.05) is 25.5 Å². The van der Waals surface area contributed by atoms with Crippen molar-refractivity contribution >= 4 is 17.6 Å². The highest BCUT2D eigenvalue weighted by Gasteiger charge is 2.16. The van der Waals surface area contributed by atoms with E-state index in [1.54, 1.807) is 36.4 Å². The summed E-state index contributed by atoms with van der Waals surface area (Å²) < 4.78 is 4.65. The SMILES string of the molecule is C=CCN(CC=C)C(=O)/C(C#N)=C\Nc1cccc(C(=O)OC)c1. The van der Waals surface area contributed by atoms with Crippen molar-refractivity contribution in [2.45, 2.75) is 0 Å². The Kier molecular flexibility index (Phi) is 7.52. The summed E-state index contributed by atoms with van der Waals surface area (Å²) in [5.41, 5.74) is 0.847. The Morgan fingerprint density at radius 1 is 1.33 bits per heavy atom. The number of nitrogens with zero attached hydrogens (tertiary/aromatic N) is 2. The van der Waals surface area contributed by atoms with E-state index in [1.807, 2.05) is 6.07 Å². The van der Waals surface area contributed by atoms with Gasteiger partial charge in [0.1, 0.15) is 11.6 Å². The number of ether oxygens (including phenoxy) is 1. The van der Waals surface area contributed by atoms with Gasteiger partial charge in [-0.15, -0.1) is 13.2 Å². The fourth-order valence-electron chi connectivity index (χ4n) is 1.87. The monoisotopic (exact) mass is 325 g/mol. The zero-order valence-electron chi connectivity index (χ0n) is 13.5. The maximum atomic E-state index is 12.3. The standard InChI is InChI=1S/C18H19N3O3/c1-4-9-21(10-5-2)17(22)15(12-19)13-20-16-8-6-7-14(11-16)18(23)24-3/h4-8,11,13,20H,1-2,9-10H2,3H3/b15-13-. The summed E-state index contributed by atoms with van der Waals surface area (Å²) in [7, 11) is 1.29. The number of anilines is 1. The predicted octanol–water partition coefficient (Wildman–Crippen LogP) is 2.49. The average Bonchev–Trinajstić information content (AvgIpc) is 2.61. The number of hydrogen-bond acceptors (Lipinski definition) is 5. The molecular formula is C18H19N3O3. The molecule has 6 nitrogen and oxygen atoms in total. The molecule has 124 valence electrons. The van der Waals surface area contributed by atoms with Crippen LogP contribution in [0, 0.1) is 11.3 Å². The van der Waals surface area contributed by atoms with Gasteiger partial charge >= 0.3 is 5.97 Å². The van der Waals surface area contributed by atoms with E-state index in [-0.39, 0.29) is 5.57 Å². The van der Waals surface area contributed by atoms with Crippen molar-refractivity contribution in [2.24, 2.45) is 0 Å². The van der Waals surface area contributed by atoms with E-state index in [2.05, 4.69) is 23.2 Å². The highest BCUT2D eigenvalue weighted by molar-refractivity contribution is 5.97. The van der Waals surface area contributed by atoms with Crippen LogP contribution in [0.15, 0.2) is 61.3 Å². The Morgan fingerprint density at radius 2 is 2.00 bits per heavy atom. The summed E-state index contributed by atoms with van der Waals surface area (Å²) in [5.74, 6) is -0.906. The third kappa shape index (κ3) is 5.14. The van der Waals surface area contributed by atoms with E-state index in [4.69, 9.17) is 0 Å². The van der Waals surface area contributed by atoms with Crippen LogP contribution in [0.25, 0.3) is 0 Å². The van der Waals surface area contributed by atoms with Gasteiger partial charge in [0.2, 0.25) is 0 Å². The van der Waals surface area contributed by atoms with Gasteiger partial charge in [-0.3, -0.25) is 4.79 Å². The number of amides is 1. The molecule has 0 atom stereocenters. The van der Waals surface area contributed by atoms with Gasteiger partial charge in [0.25, 0.3) is 5.91 Å². The summed E-state index contributed by atoms with van der Waals surface area (Å²) >= 11 is 0. The lowest BCUT2D eigenvalue weighted by molar-refractivity contribution is -0.125. The Balaban J connectivity index is 2.95. The molecule has 0 radical (unpaired) electrons. The molecule has 0 saturated carbocycles. The minimum Gasteiger partial charge on any atom is -0.465 e. The lowest BCUT2D eigenvalue weighted by Crippen LogP contribution is -2.32. The van der Waals surface area contributed by atoms with Crippen LogP contribution < -0.4 is 5.32 Å². The molecule has 1 N–H and O–H groups in total. The fraction of sp³-hybridized carbons (Fsp3) is 0.167. The van der Waals surface area contributed by atoms with Crippen molar-refractivity contribution in [1.82, 2.24) is 4.90 Å². The first-order valence-electron chi connectivity index (χ1n) is 7.13. The molecule has 0 fully saturated rings. The molecular weight excluding hydrogens is 306 g/mol. The van der Waals surface area contributed by atoms with Crippen LogP contribution in [0.3, 0.4) is 0 Å². The Hall–Kier alpha value is -3.33. The van der Waals surface area contributed by atoms with Gasteiger partial charge in [-0.1, -0.05) is 18.2 Å². The van der Waals surface area contributed by atoms with Crippen LogP contribution >= 0.6 is 0 Å². The maximum Gasteiger partial charge on any atom is 0.337 e. The summed E-state index contributed by atoms with van der Waals surface area (Å²) in [4.78, 5) is 25.3. The summed E-state index contributed by atoms with van der Waals surface area (Å²) in [6.45, 7) is 7.79. The van der Waals surface area contributed by atoms with E-state index >= 15 is 0 Å². The molecule has 0 heterocycles. The van der Waals surface area contributed by atoms with Gasteiger partial charge in [-0.25, -0.2) is 4.79 Å². The number of carbonyl (C=O) groups is 2. The zero-order chi connectivity index (χ0) is 17.9. The van der Waals surface area contributed by atoms with Gasteiger partial charge in [0, 0.05) is 25.0 Å². The van der Waals surface area contributed by atoms with Crippen LogP contribution in [0.5, 0.6) is 0 Å². The maximum absolute atomic E-state index is 12.3. The first-order valence-corrected chi connectivity index (χ1v) is 7.13. The lowest BCUT2D eigenvalue weighted by Gasteiger charge is -2.18. The van der Waals surface area contributed by atoms with Crippen LogP contribution in [0.4, 0.5) is 5.69 Å². The molecule has 1 aromatic carbocycles. The minimum atomic E-state index is -0.470. The van der Waals surface area contributed by atoms with E-state index in [0.29, 0.717) is 24.3 Å². The number of esters is 1. The fourth-order valence-corrected chi connectivity index (χ4v) is 1.87. The van der Waals surface area contributed by atoms with Crippen LogP contribution in [-0.2, 0) is 9.53 Å². The molecule has 1 rings (SSSR count). The molecule has 1 aromatic rings. The number of methoxy groups -OCH3 is 1. The van der Waals surface area contributed by atoms with Gasteiger partial charge in [0.05, 0.1) is 12.7 Å². The smallest absolute Gasteiger partial charge is 0.337 e. The van der Waals surface area contributed by atoms with Gasteiger partial charge < -0.3 is 15.0 Å². The van der Waals surface area contributed by atoms with E-state index in [1.165, 1.54) is 18.2 Å². The van der Waals surface area contributed by atoms with Crippen LogP contribution in [-0.4, -0.2) is 37.0 Å². The van der Waals surface area contributed by atoms with Crippen molar-refractivity contribution in [3.05, 3.63) is 66.9 Å². The van der Waals surface area contributed by atoms with Crippen molar-refractivity contribution in [1.29, 1.82) is 5.26 Å². The normalized spacial score (nSPS) is 10.2. The van der Waals surface area contributed by atoms with Crippen molar-refractivity contribution < 1.29 is 14.3 Å². The Labute approximate surface area is 141 Å². The summed E-state index contributed by atoms with van der Waals surface area (Å²) in [6.07, 6.45) is 4.45.